The number of alkyl halides is 3. The first-order chi connectivity index (χ1) is 19.4. The van der Waals surface area contributed by atoms with Crippen LogP contribution in [0.1, 0.15) is 16.8 Å². The second-order valence-corrected chi connectivity index (χ2v) is 9.29. The SMILES string of the molecule is CN(Cc1cccc2c1COB2O)C(=O)C(Nc1nonc1C(=NO)Nc1ccc(F)c(Br)c1)OC(=O)C(F)(F)F. The van der Waals surface area contributed by atoms with Gasteiger partial charge in [0.25, 0.3) is 12.1 Å². The van der Waals surface area contributed by atoms with Crippen molar-refractivity contribution in [1.82, 2.24) is 15.2 Å². The molecule has 1 atom stereocenters. The molecule has 0 spiro atoms. The fraction of sp³-hybridized carbons (Fsp3) is 0.227. The van der Waals surface area contributed by atoms with Crippen molar-refractivity contribution in [2.75, 3.05) is 17.7 Å². The largest absolute Gasteiger partial charge is 0.491 e. The van der Waals surface area contributed by atoms with Crippen molar-refractivity contribution in [2.45, 2.75) is 25.6 Å². The number of likely N-dealkylation sites (N-methyl/N-ethyl adjacent to an activating group) is 1. The Morgan fingerprint density at radius 1 is 1.29 bits per heavy atom. The zero-order chi connectivity index (χ0) is 29.9. The summed E-state index contributed by atoms with van der Waals surface area (Å²) in [6.07, 6.45) is -7.76. The fourth-order valence-electron chi connectivity index (χ4n) is 3.72. The third kappa shape index (κ3) is 6.75. The minimum Gasteiger partial charge on any atom is -0.425 e. The van der Waals surface area contributed by atoms with E-state index in [9.17, 15) is 37.4 Å². The second kappa shape index (κ2) is 12.1. The molecule has 3 aromatic rings. The molecule has 216 valence electrons. The van der Waals surface area contributed by atoms with Crippen molar-refractivity contribution in [3.05, 3.63) is 63.5 Å². The minimum absolute atomic E-state index is 0.0360. The lowest BCUT2D eigenvalue weighted by atomic mass is 9.78. The molecular formula is C22H18BBrF4N6O7. The van der Waals surface area contributed by atoms with Crippen LogP contribution in [0, 0.1) is 5.82 Å². The number of hydrogen-bond donors (Lipinski definition) is 4. The zero-order valence-electron chi connectivity index (χ0n) is 20.6. The first-order valence-corrected chi connectivity index (χ1v) is 12.1. The highest BCUT2D eigenvalue weighted by atomic mass is 79.9. The number of carbonyl (C=O) groups is 2. The summed E-state index contributed by atoms with van der Waals surface area (Å²) in [6, 6.07) is 8.46. The highest BCUT2D eigenvalue weighted by Crippen LogP contribution is 2.24. The quantitative estimate of drug-likeness (QED) is 0.0413. The highest BCUT2D eigenvalue weighted by molar-refractivity contribution is 9.10. The predicted octanol–water partition coefficient (Wildman–Crippen LogP) is 1.94. The van der Waals surface area contributed by atoms with Gasteiger partial charge in [-0.2, -0.15) is 13.2 Å². The number of rotatable bonds is 8. The Kier molecular flexibility index (Phi) is 8.79. The van der Waals surface area contributed by atoms with Crippen molar-refractivity contribution >= 4 is 57.7 Å². The monoisotopic (exact) mass is 644 g/mol. The summed E-state index contributed by atoms with van der Waals surface area (Å²) < 4.78 is 67.0. The molecule has 1 aliphatic heterocycles. The molecule has 1 unspecified atom stereocenters. The lowest BCUT2D eigenvalue weighted by Crippen LogP contribution is -2.46. The number of hydrogen-bond acceptors (Lipinski definition) is 11. The molecule has 13 nitrogen and oxygen atoms in total. The third-order valence-electron chi connectivity index (χ3n) is 5.69. The molecule has 4 rings (SSSR count). The number of halogens is 5. The van der Waals surface area contributed by atoms with E-state index in [2.05, 4.69) is 51.4 Å². The molecule has 0 aliphatic carbocycles. The Morgan fingerprint density at radius 2 is 2.05 bits per heavy atom. The van der Waals surface area contributed by atoms with E-state index >= 15 is 0 Å². The standard InChI is InChI=1S/C22H18BBrF4N6O7/c1-34(8-10-3-2-4-13-12(10)9-39-23(13)37)20(35)19(40-21(36)22(26,27)28)30-18-16(32-41-33-18)17(31-38)29-11-5-6-15(25)14(24)7-11/h2-7,19,37-38H,8-9H2,1H3,(H,29,31)(H,30,33). The van der Waals surface area contributed by atoms with Gasteiger partial charge in [-0.1, -0.05) is 23.4 Å². The van der Waals surface area contributed by atoms with Crippen LogP contribution in [0.25, 0.3) is 0 Å². The van der Waals surface area contributed by atoms with Gasteiger partial charge in [0.05, 0.1) is 11.1 Å². The molecule has 4 N–H and O–H groups in total. The normalized spacial score (nSPS) is 13.9. The summed E-state index contributed by atoms with van der Waals surface area (Å²) in [7, 11) is 0.0684. The molecule has 1 amide bonds. The molecule has 2 heterocycles. The van der Waals surface area contributed by atoms with Gasteiger partial charge in [0.2, 0.25) is 11.7 Å². The molecule has 0 saturated heterocycles. The van der Waals surface area contributed by atoms with Crippen LogP contribution < -0.4 is 16.1 Å². The number of esters is 1. The number of fused-ring (bicyclic) bond motifs is 1. The lowest BCUT2D eigenvalue weighted by molar-refractivity contribution is -0.205. The van der Waals surface area contributed by atoms with Crippen LogP contribution in [0.5, 0.6) is 0 Å². The van der Waals surface area contributed by atoms with Crippen molar-refractivity contribution in [3.8, 4) is 0 Å². The molecule has 0 bridgehead atoms. The molecule has 19 heteroatoms. The first kappa shape index (κ1) is 29.8. The van der Waals surface area contributed by atoms with Gasteiger partial charge >= 0.3 is 19.3 Å². The number of aromatic nitrogens is 2. The van der Waals surface area contributed by atoms with Crippen molar-refractivity contribution in [3.63, 3.8) is 0 Å². The summed E-state index contributed by atoms with van der Waals surface area (Å²) in [4.78, 5) is 25.9. The second-order valence-electron chi connectivity index (χ2n) is 8.43. The number of amidine groups is 1. The van der Waals surface area contributed by atoms with Crippen molar-refractivity contribution in [1.29, 1.82) is 0 Å². The minimum atomic E-state index is -5.45. The summed E-state index contributed by atoms with van der Waals surface area (Å²) in [5, 5.41) is 34.2. The number of nitrogens with zero attached hydrogens (tertiary/aromatic N) is 4. The van der Waals surface area contributed by atoms with Gasteiger partial charge < -0.3 is 35.2 Å². The van der Waals surface area contributed by atoms with E-state index in [4.69, 9.17) is 4.65 Å². The maximum atomic E-state index is 13.6. The number of carbonyl (C=O) groups excluding carboxylic acids is 2. The van der Waals surface area contributed by atoms with Gasteiger partial charge in [-0.05, 0) is 61.0 Å². The van der Waals surface area contributed by atoms with E-state index in [1.807, 2.05) is 0 Å². The Morgan fingerprint density at radius 3 is 2.73 bits per heavy atom. The number of amides is 1. The van der Waals surface area contributed by atoms with Gasteiger partial charge in [0.15, 0.2) is 5.69 Å². The molecular weight excluding hydrogens is 627 g/mol. The summed E-state index contributed by atoms with van der Waals surface area (Å²) >= 11 is 2.99. The average molecular weight is 645 g/mol. The third-order valence-corrected chi connectivity index (χ3v) is 6.30. The summed E-state index contributed by atoms with van der Waals surface area (Å²) in [5.41, 5.74) is 1.31. The number of oxime groups is 1. The predicted molar refractivity (Wildman–Crippen MR) is 135 cm³/mol. The van der Waals surface area contributed by atoms with Crippen LogP contribution >= 0.6 is 15.9 Å². The van der Waals surface area contributed by atoms with E-state index in [0.717, 1.165) is 11.0 Å². The Bertz CT molecular complexity index is 1490. The van der Waals surface area contributed by atoms with E-state index < -0.39 is 54.6 Å². The summed E-state index contributed by atoms with van der Waals surface area (Å²) in [5.74, 6) is -5.45. The van der Waals surface area contributed by atoms with Crippen LogP contribution in [0.15, 0.2) is 50.7 Å². The molecule has 0 radical (unpaired) electrons. The first-order valence-electron chi connectivity index (χ1n) is 11.4. The zero-order valence-corrected chi connectivity index (χ0v) is 22.2. The smallest absolute Gasteiger partial charge is 0.425 e. The molecule has 1 aromatic heterocycles. The number of benzene rings is 2. The molecule has 41 heavy (non-hydrogen) atoms. The van der Waals surface area contributed by atoms with Crippen LogP contribution in [-0.4, -0.2) is 69.7 Å². The number of ether oxygens (including phenoxy) is 1. The van der Waals surface area contributed by atoms with Crippen LogP contribution in [-0.2, 0) is 32.1 Å². The van der Waals surface area contributed by atoms with Crippen molar-refractivity contribution in [2.24, 2.45) is 5.16 Å². The Hall–Kier alpha value is -4.23. The molecule has 0 fully saturated rings. The van der Waals surface area contributed by atoms with Crippen LogP contribution in [0.3, 0.4) is 0 Å². The van der Waals surface area contributed by atoms with Crippen molar-refractivity contribution < 1.29 is 51.4 Å². The number of nitrogens with one attached hydrogen (secondary N) is 2. The maximum Gasteiger partial charge on any atom is 0.491 e. The lowest BCUT2D eigenvalue weighted by Gasteiger charge is -2.25. The molecule has 0 saturated carbocycles. The summed E-state index contributed by atoms with van der Waals surface area (Å²) in [6.45, 7) is -0.136. The maximum absolute atomic E-state index is 13.6. The van der Waals surface area contributed by atoms with E-state index in [1.54, 1.807) is 18.2 Å². The van der Waals surface area contributed by atoms with Gasteiger partial charge in [-0.25, -0.2) is 13.8 Å². The van der Waals surface area contributed by atoms with Crippen LogP contribution in [0.2, 0.25) is 0 Å². The average Bonchev–Trinajstić information content (AvgIpc) is 3.54. The van der Waals surface area contributed by atoms with E-state index in [-0.39, 0.29) is 23.3 Å². The Balaban J connectivity index is 1.58. The van der Waals surface area contributed by atoms with E-state index in [1.165, 1.54) is 19.2 Å². The topological polar surface area (TPSA) is 172 Å². The van der Waals surface area contributed by atoms with Gasteiger partial charge in [-0.15, -0.1) is 0 Å². The fourth-order valence-corrected chi connectivity index (χ4v) is 4.09. The van der Waals surface area contributed by atoms with Gasteiger partial charge in [-0.3, -0.25) is 4.79 Å². The van der Waals surface area contributed by atoms with Gasteiger partial charge in [0, 0.05) is 19.3 Å². The van der Waals surface area contributed by atoms with Crippen LogP contribution in [0.4, 0.5) is 29.1 Å². The van der Waals surface area contributed by atoms with E-state index in [0.29, 0.717) is 16.6 Å². The Labute approximate surface area is 236 Å². The van der Waals surface area contributed by atoms with Gasteiger partial charge in [0.1, 0.15) is 5.82 Å². The number of anilines is 2. The molecule has 2 aromatic carbocycles. The highest BCUT2D eigenvalue weighted by Gasteiger charge is 2.44. The molecule has 1 aliphatic rings.